The van der Waals surface area contributed by atoms with Crippen molar-refractivity contribution in [2.45, 2.75) is 13.3 Å². The minimum atomic E-state index is 0.820. The normalized spacial score (nSPS) is 9.58. The standard InChI is InChI=1S/C9H14N2O/c1-3-7-4-5-8(12-2)6-9(7)11-10/h4-6,11H,3,10H2,1-2H3. The van der Waals surface area contributed by atoms with Crippen molar-refractivity contribution >= 4 is 5.69 Å². The Kier molecular flexibility index (Phi) is 2.94. The van der Waals surface area contributed by atoms with Crippen LogP contribution >= 0.6 is 0 Å². The molecule has 0 heterocycles. The van der Waals surface area contributed by atoms with Crippen LogP contribution in [0, 0.1) is 0 Å². The average Bonchev–Trinajstić information content (AvgIpc) is 2.16. The summed E-state index contributed by atoms with van der Waals surface area (Å²) in [4.78, 5) is 0. The lowest BCUT2D eigenvalue weighted by atomic mass is 10.1. The third kappa shape index (κ3) is 1.68. The zero-order chi connectivity index (χ0) is 8.97. The maximum Gasteiger partial charge on any atom is 0.120 e. The highest BCUT2D eigenvalue weighted by Crippen LogP contribution is 2.21. The average molecular weight is 166 g/mol. The van der Waals surface area contributed by atoms with Crippen LogP contribution in [0.15, 0.2) is 18.2 Å². The van der Waals surface area contributed by atoms with Crippen LogP contribution in [0.4, 0.5) is 5.69 Å². The molecule has 1 rings (SSSR count). The number of nitrogens with two attached hydrogens (primary N) is 1. The van der Waals surface area contributed by atoms with Gasteiger partial charge in [-0.05, 0) is 18.1 Å². The Morgan fingerprint density at radius 2 is 2.25 bits per heavy atom. The molecule has 0 radical (unpaired) electrons. The summed E-state index contributed by atoms with van der Waals surface area (Å²) in [6, 6.07) is 5.83. The first-order valence-corrected chi connectivity index (χ1v) is 3.95. The number of methoxy groups -OCH3 is 1. The van der Waals surface area contributed by atoms with E-state index >= 15 is 0 Å². The van der Waals surface area contributed by atoms with Crippen LogP contribution in [-0.2, 0) is 6.42 Å². The second kappa shape index (κ2) is 3.97. The number of nitrogens with one attached hydrogen (secondary N) is 1. The molecule has 66 valence electrons. The van der Waals surface area contributed by atoms with Crippen molar-refractivity contribution in [1.82, 2.24) is 0 Å². The van der Waals surface area contributed by atoms with Crippen molar-refractivity contribution in [2.75, 3.05) is 12.5 Å². The smallest absolute Gasteiger partial charge is 0.120 e. The van der Waals surface area contributed by atoms with E-state index in [1.807, 2.05) is 18.2 Å². The highest BCUT2D eigenvalue weighted by molar-refractivity contribution is 5.54. The van der Waals surface area contributed by atoms with E-state index in [2.05, 4.69) is 12.3 Å². The molecule has 0 atom stereocenters. The molecule has 0 aliphatic heterocycles. The molecular weight excluding hydrogens is 152 g/mol. The first kappa shape index (κ1) is 8.87. The van der Waals surface area contributed by atoms with E-state index in [1.54, 1.807) is 7.11 Å². The molecule has 1 aromatic carbocycles. The minimum Gasteiger partial charge on any atom is -0.497 e. The molecular formula is C9H14N2O. The summed E-state index contributed by atoms with van der Waals surface area (Å²) in [5.41, 5.74) is 4.76. The Bertz CT molecular complexity index is 261. The molecule has 0 saturated carbocycles. The minimum absolute atomic E-state index is 0.820. The van der Waals surface area contributed by atoms with E-state index in [0.717, 1.165) is 17.9 Å². The molecule has 0 unspecified atom stereocenters. The predicted molar refractivity (Wildman–Crippen MR) is 50.2 cm³/mol. The van der Waals surface area contributed by atoms with Gasteiger partial charge in [-0.1, -0.05) is 13.0 Å². The molecule has 0 fully saturated rings. The Labute approximate surface area is 72.5 Å². The van der Waals surface area contributed by atoms with E-state index in [0.29, 0.717) is 0 Å². The fourth-order valence-corrected chi connectivity index (χ4v) is 1.13. The predicted octanol–water partition coefficient (Wildman–Crippen LogP) is 1.54. The summed E-state index contributed by atoms with van der Waals surface area (Å²) >= 11 is 0. The van der Waals surface area contributed by atoms with Crippen molar-refractivity contribution in [1.29, 1.82) is 0 Å². The lowest BCUT2D eigenvalue weighted by Crippen LogP contribution is -2.09. The topological polar surface area (TPSA) is 47.3 Å². The summed E-state index contributed by atoms with van der Waals surface area (Å²) in [7, 11) is 1.64. The molecule has 3 heteroatoms. The molecule has 0 aliphatic rings. The monoisotopic (exact) mass is 166 g/mol. The van der Waals surface area contributed by atoms with Gasteiger partial charge in [0.1, 0.15) is 5.75 Å². The zero-order valence-electron chi connectivity index (χ0n) is 7.42. The Hall–Kier alpha value is -1.22. The van der Waals surface area contributed by atoms with Crippen molar-refractivity contribution < 1.29 is 4.74 Å². The number of aryl methyl sites for hydroxylation is 1. The van der Waals surface area contributed by atoms with Gasteiger partial charge in [-0.15, -0.1) is 0 Å². The highest BCUT2D eigenvalue weighted by Gasteiger charge is 1.99. The van der Waals surface area contributed by atoms with Gasteiger partial charge in [0.2, 0.25) is 0 Å². The van der Waals surface area contributed by atoms with E-state index < -0.39 is 0 Å². The van der Waals surface area contributed by atoms with Crippen molar-refractivity contribution in [3.05, 3.63) is 23.8 Å². The molecule has 12 heavy (non-hydrogen) atoms. The van der Waals surface area contributed by atoms with Gasteiger partial charge in [-0.3, -0.25) is 5.84 Å². The maximum atomic E-state index is 5.34. The molecule has 0 bridgehead atoms. The molecule has 3 N–H and O–H groups in total. The molecule has 0 aromatic heterocycles. The van der Waals surface area contributed by atoms with Gasteiger partial charge in [0.05, 0.1) is 12.8 Å². The number of ether oxygens (including phenoxy) is 1. The van der Waals surface area contributed by atoms with Gasteiger partial charge in [0, 0.05) is 6.07 Å². The fraction of sp³-hybridized carbons (Fsp3) is 0.333. The van der Waals surface area contributed by atoms with Crippen LogP contribution in [0.5, 0.6) is 5.75 Å². The van der Waals surface area contributed by atoms with Crippen LogP contribution < -0.4 is 16.0 Å². The summed E-state index contributed by atoms with van der Waals surface area (Å²) in [5.74, 6) is 6.16. The quantitative estimate of drug-likeness (QED) is 0.529. The molecule has 0 aliphatic carbocycles. The molecule has 0 saturated heterocycles. The third-order valence-corrected chi connectivity index (χ3v) is 1.85. The first-order valence-electron chi connectivity index (χ1n) is 3.95. The van der Waals surface area contributed by atoms with E-state index in [1.165, 1.54) is 5.56 Å². The van der Waals surface area contributed by atoms with Crippen LogP contribution in [0.1, 0.15) is 12.5 Å². The lowest BCUT2D eigenvalue weighted by Gasteiger charge is -2.08. The number of hydrogen-bond acceptors (Lipinski definition) is 3. The molecule has 3 nitrogen and oxygen atoms in total. The van der Waals surface area contributed by atoms with Crippen molar-refractivity contribution in [3.63, 3.8) is 0 Å². The second-order valence-electron chi connectivity index (χ2n) is 2.52. The third-order valence-electron chi connectivity index (χ3n) is 1.85. The van der Waals surface area contributed by atoms with Gasteiger partial charge in [0.25, 0.3) is 0 Å². The summed E-state index contributed by atoms with van der Waals surface area (Å²) in [5, 5.41) is 0. The summed E-state index contributed by atoms with van der Waals surface area (Å²) < 4.78 is 5.06. The van der Waals surface area contributed by atoms with Crippen molar-refractivity contribution in [2.24, 2.45) is 5.84 Å². The fourth-order valence-electron chi connectivity index (χ4n) is 1.13. The van der Waals surface area contributed by atoms with Crippen LogP contribution in [0.2, 0.25) is 0 Å². The highest BCUT2D eigenvalue weighted by atomic mass is 16.5. The van der Waals surface area contributed by atoms with Crippen LogP contribution in [0.3, 0.4) is 0 Å². The second-order valence-corrected chi connectivity index (χ2v) is 2.52. The number of nitrogen functional groups attached to an aromatic ring is 1. The van der Waals surface area contributed by atoms with E-state index in [9.17, 15) is 0 Å². The zero-order valence-corrected chi connectivity index (χ0v) is 7.42. The first-order chi connectivity index (χ1) is 5.81. The SMILES string of the molecule is CCc1ccc(OC)cc1NN. The van der Waals surface area contributed by atoms with Gasteiger partial charge in [-0.2, -0.15) is 0 Å². The molecule has 0 spiro atoms. The number of hydrazine groups is 1. The molecule has 0 amide bonds. The van der Waals surface area contributed by atoms with Crippen LogP contribution in [0.25, 0.3) is 0 Å². The number of anilines is 1. The lowest BCUT2D eigenvalue weighted by molar-refractivity contribution is 0.415. The Morgan fingerprint density at radius 1 is 1.50 bits per heavy atom. The van der Waals surface area contributed by atoms with E-state index in [4.69, 9.17) is 10.6 Å². The number of rotatable bonds is 3. The largest absolute Gasteiger partial charge is 0.497 e. The Balaban J connectivity index is 3.02. The summed E-state index contributed by atoms with van der Waals surface area (Å²) in [6.07, 6.45) is 0.962. The summed E-state index contributed by atoms with van der Waals surface area (Å²) in [6.45, 7) is 2.09. The number of benzene rings is 1. The van der Waals surface area contributed by atoms with Gasteiger partial charge in [0.15, 0.2) is 0 Å². The maximum absolute atomic E-state index is 5.34. The van der Waals surface area contributed by atoms with Gasteiger partial charge < -0.3 is 10.2 Å². The van der Waals surface area contributed by atoms with Crippen LogP contribution in [-0.4, -0.2) is 7.11 Å². The van der Waals surface area contributed by atoms with Crippen molar-refractivity contribution in [3.8, 4) is 5.75 Å². The molecule has 1 aromatic rings. The number of hydrogen-bond donors (Lipinski definition) is 2. The Morgan fingerprint density at radius 3 is 2.75 bits per heavy atom. The van der Waals surface area contributed by atoms with E-state index in [-0.39, 0.29) is 0 Å². The van der Waals surface area contributed by atoms with Gasteiger partial charge in [-0.25, -0.2) is 0 Å². The van der Waals surface area contributed by atoms with Gasteiger partial charge >= 0.3 is 0 Å².